The Hall–Kier alpha value is -1.78. The first-order valence-electron chi connectivity index (χ1n) is 9.94. The largest absolute Gasteiger partial charge is 0.497 e. The van der Waals surface area contributed by atoms with E-state index in [1.807, 2.05) is 36.4 Å². The molecular formula is C23H31ClFNO2. The van der Waals surface area contributed by atoms with Crippen molar-refractivity contribution < 1.29 is 13.9 Å². The molecule has 0 spiro atoms. The van der Waals surface area contributed by atoms with Crippen molar-refractivity contribution in [3.05, 3.63) is 59.9 Å². The Morgan fingerprint density at radius 1 is 1.04 bits per heavy atom. The third kappa shape index (κ3) is 6.11. The summed E-state index contributed by atoms with van der Waals surface area (Å²) in [6.45, 7) is 6.16. The molecule has 0 radical (unpaired) electrons. The zero-order chi connectivity index (χ0) is 19.1. The second-order valence-corrected chi connectivity index (χ2v) is 7.35. The van der Waals surface area contributed by atoms with E-state index in [1.165, 1.54) is 18.4 Å². The van der Waals surface area contributed by atoms with Crippen LogP contribution >= 0.6 is 12.4 Å². The van der Waals surface area contributed by atoms with Crippen molar-refractivity contribution in [2.75, 3.05) is 33.4 Å². The predicted octanol–water partition coefficient (Wildman–Crippen LogP) is 5.54. The van der Waals surface area contributed by atoms with Gasteiger partial charge in [0, 0.05) is 12.5 Å². The minimum atomic E-state index is -0.176. The van der Waals surface area contributed by atoms with Crippen LogP contribution in [0.3, 0.4) is 0 Å². The number of ether oxygens (including phenoxy) is 2. The maximum Gasteiger partial charge on any atom is 0.123 e. The third-order valence-electron chi connectivity index (χ3n) is 5.47. The summed E-state index contributed by atoms with van der Waals surface area (Å²) < 4.78 is 24.7. The highest BCUT2D eigenvalue weighted by Crippen LogP contribution is 2.34. The van der Waals surface area contributed by atoms with Gasteiger partial charge in [-0.15, -0.1) is 12.4 Å². The lowest BCUT2D eigenvalue weighted by Crippen LogP contribution is -2.42. The Balaban J connectivity index is 0.00000280. The zero-order valence-electron chi connectivity index (χ0n) is 16.8. The van der Waals surface area contributed by atoms with Crippen LogP contribution in [0.25, 0.3) is 0 Å². The number of benzene rings is 2. The fraction of sp³-hybridized carbons (Fsp3) is 0.478. The Bertz CT molecular complexity index is 693. The molecule has 2 atom stereocenters. The minimum absolute atomic E-state index is 0. The molecule has 1 fully saturated rings. The summed E-state index contributed by atoms with van der Waals surface area (Å²) in [5.41, 5.74) is 1.22. The van der Waals surface area contributed by atoms with Crippen molar-refractivity contribution in [1.29, 1.82) is 0 Å². The molecule has 5 heteroatoms. The normalized spacial score (nSPS) is 19.7. The van der Waals surface area contributed by atoms with Crippen molar-refractivity contribution in [3.8, 4) is 11.5 Å². The van der Waals surface area contributed by atoms with E-state index in [1.54, 1.807) is 19.2 Å². The van der Waals surface area contributed by atoms with E-state index < -0.39 is 0 Å². The van der Waals surface area contributed by atoms with Crippen molar-refractivity contribution in [3.63, 3.8) is 0 Å². The fourth-order valence-corrected chi connectivity index (χ4v) is 3.89. The van der Waals surface area contributed by atoms with Gasteiger partial charge in [-0.1, -0.05) is 25.5 Å². The molecule has 3 rings (SSSR count). The summed E-state index contributed by atoms with van der Waals surface area (Å²) in [5.74, 6) is 2.31. The SMILES string of the molecule is CCCCN1CC[C@@H](c2ccc(F)cc2)[C@H](COc2ccc(OC)cc2)C1.Cl. The fourth-order valence-electron chi connectivity index (χ4n) is 3.89. The summed E-state index contributed by atoms with van der Waals surface area (Å²) in [6, 6.07) is 14.7. The van der Waals surface area contributed by atoms with Crippen LogP contribution in [0.1, 0.15) is 37.7 Å². The first-order valence-corrected chi connectivity index (χ1v) is 9.94. The molecular weight excluding hydrogens is 377 g/mol. The van der Waals surface area contributed by atoms with E-state index in [4.69, 9.17) is 9.47 Å². The van der Waals surface area contributed by atoms with Gasteiger partial charge >= 0.3 is 0 Å². The number of hydrogen-bond acceptors (Lipinski definition) is 3. The third-order valence-corrected chi connectivity index (χ3v) is 5.47. The molecule has 1 saturated heterocycles. The van der Waals surface area contributed by atoms with Crippen LogP contribution in [0, 0.1) is 11.7 Å². The highest BCUT2D eigenvalue weighted by atomic mass is 35.5. The van der Waals surface area contributed by atoms with Crippen LogP contribution in [0.15, 0.2) is 48.5 Å². The summed E-state index contributed by atoms with van der Waals surface area (Å²) in [4.78, 5) is 2.55. The minimum Gasteiger partial charge on any atom is -0.497 e. The smallest absolute Gasteiger partial charge is 0.123 e. The van der Waals surface area contributed by atoms with Gasteiger partial charge in [0.1, 0.15) is 17.3 Å². The van der Waals surface area contributed by atoms with Crippen molar-refractivity contribution in [2.24, 2.45) is 5.92 Å². The lowest BCUT2D eigenvalue weighted by molar-refractivity contribution is 0.110. The van der Waals surface area contributed by atoms with Gasteiger partial charge in [0.25, 0.3) is 0 Å². The van der Waals surface area contributed by atoms with Gasteiger partial charge in [-0.25, -0.2) is 4.39 Å². The Kier molecular flexibility index (Phi) is 9.07. The van der Waals surface area contributed by atoms with Crippen molar-refractivity contribution in [1.82, 2.24) is 4.90 Å². The molecule has 0 bridgehead atoms. The molecule has 0 aliphatic carbocycles. The number of methoxy groups -OCH3 is 1. The number of hydrogen-bond donors (Lipinski definition) is 0. The average Bonchev–Trinajstić information content (AvgIpc) is 2.72. The van der Waals surface area contributed by atoms with Crippen LogP contribution in [0.2, 0.25) is 0 Å². The maximum absolute atomic E-state index is 13.3. The molecule has 1 aliphatic heterocycles. The average molecular weight is 408 g/mol. The molecule has 28 heavy (non-hydrogen) atoms. The van der Waals surface area contributed by atoms with Gasteiger partial charge in [0.15, 0.2) is 0 Å². The van der Waals surface area contributed by atoms with Gasteiger partial charge in [-0.2, -0.15) is 0 Å². The molecule has 2 aromatic rings. The van der Waals surface area contributed by atoms with Gasteiger partial charge in [0.05, 0.1) is 13.7 Å². The topological polar surface area (TPSA) is 21.7 Å². The van der Waals surface area contributed by atoms with Crippen LogP contribution in [-0.2, 0) is 0 Å². The highest BCUT2D eigenvalue weighted by molar-refractivity contribution is 5.85. The molecule has 0 saturated carbocycles. The molecule has 2 aromatic carbocycles. The summed E-state index contributed by atoms with van der Waals surface area (Å²) in [6.07, 6.45) is 3.53. The predicted molar refractivity (Wildman–Crippen MR) is 114 cm³/mol. The summed E-state index contributed by atoms with van der Waals surface area (Å²) in [7, 11) is 1.66. The molecule has 1 aliphatic rings. The Labute approximate surface area is 174 Å². The second kappa shape index (κ2) is 11.3. The van der Waals surface area contributed by atoms with Crippen LogP contribution in [0.5, 0.6) is 11.5 Å². The van der Waals surface area contributed by atoms with Gasteiger partial charge in [-0.3, -0.25) is 0 Å². The molecule has 3 nitrogen and oxygen atoms in total. The maximum atomic E-state index is 13.3. The zero-order valence-corrected chi connectivity index (χ0v) is 17.6. The monoisotopic (exact) mass is 407 g/mol. The number of nitrogens with zero attached hydrogens (tertiary/aromatic N) is 1. The van der Waals surface area contributed by atoms with Gasteiger partial charge in [0.2, 0.25) is 0 Å². The Morgan fingerprint density at radius 3 is 2.36 bits per heavy atom. The molecule has 0 unspecified atom stereocenters. The lowest BCUT2D eigenvalue weighted by atomic mass is 9.80. The van der Waals surface area contributed by atoms with E-state index in [0.29, 0.717) is 18.4 Å². The van der Waals surface area contributed by atoms with Gasteiger partial charge < -0.3 is 14.4 Å². The van der Waals surface area contributed by atoms with E-state index in [9.17, 15) is 4.39 Å². The summed E-state index contributed by atoms with van der Waals surface area (Å²) >= 11 is 0. The van der Waals surface area contributed by atoms with Crippen LogP contribution in [-0.4, -0.2) is 38.3 Å². The molecule has 154 valence electrons. The first kappa shape index (κ1) is 22.5. The molecule has 0 aromatic heterocycles. The van der Waals surface area contributed by atoms with Crippen molar-refractivity contribution in [2.45, 2.75) is 32.1 Å². The van der Waals surface area contributed by atoms with E-state index in [2.05, 4.69) is 11.8 Å². The lowest BCUT2D eigenvalue weighted by Gasteiger charge is -2.38. The van der Waals surface area contributed by atoms with Gasteiger partial charge in [-0.05, 0) is 73.8 Å². The number of unbranched alkanes of at least 4 members (excludes halogenated alkanes) is 1. The first-order chi connectivity index (χ1) is 13.2. The number of piperidine rings is 1. The number of halogens is 2. The summed E-state index contributed by atoms with van der Waals surface area (Å²) in [5, 5.41) is 0. The number of rotatable bonds is 8. The molecule has 0 N–H and O–H groups in total. The quantitative estimate of drug-likeness (QED) is 0.573. The van der Waals surface area contributed by atoms with Crippen molar-refractivity contribution >= 4 is 12.4 Å². The Morgan fingerprint density at radius 2 is 1.71 bits per heavy atom. The highest BCUT2D eigenvalue weighted by Gasteiger charge is 2.30. The van der Waals surface area contributed by atoms with E-state index >= 15 is 0 Å². The van der Waals surface area contributed by atoms with E-state index in [0.717, 1.165) is 37.6 Å². The molecule has 1 heterocycles. The molecule has 0 amide bonds. The van der Waals surface area contributed by atoms with Crippen LogP contribution in [0.4, 0.5) is 4.39 Å². The second-order valence-electron chi connectivity index (χ2n) is 7.35. The van der Waals surface area contributed by atoms with E-state index in [-0.39, 0.29) is 18.2 Å². The number of likely N-dealkylation sites (tertiary alicyclic amines) is 1. The van der Waals surface area contributed by atoms with Crippen LogP contribution < -0.4 is 9.47 Å². The standard InChI is InChI=1S/C23H30FNO2.ClH/c1-3-4-14-25-15-13-23(18-5-7-20(24)8-6-18)19(16-25)17-27-22-11-9-21(26-2)10-12-22;/h5-12,19,23H,3-4,13-17H2,1-2H3;1H/t19-,23-;/m0./s1.